The zero-order valence-corrected chi connectivity index (χ0v) is 17.1. The summed E-state index contributed by atoms with van der Waals surface area (Å²) in [5, 5.41) is 3.10. The summed E-state index contributed by atoms with van der Waals surface area (Å²) in [7, 11) is 0. The highest BCUT2D eigenvalue weighted by Gasteiger charge is 2.51. The van der Waals surface area contributed by atoms with E-state index in [0.717, 1.165) is 31.6 Å². The fourth-order valence-electron chi connectivity index (χ4n) is 5.44. The molecule has 1 N–H and O–H groups in total. The first-order chi connectivity index (χ1) is 13.2. The maximum atomic E-state index is 12.8. The van der Waals surface area contributed by atoms with Gasteiger partial charge in [-0.15, -0.1) is 12.4 Å². The molecule has 2 aromatic rings. The van der Waals surface area contributed by atoms with E-state index in [4.69, 9.17) is 0 Å². The van der Waals surface area contributed by atoms with Crippen molar-refractivity contribution in [3.05, 3.63) is 65.7 Å². The molecule has 0 aromatic heterocycles. The second kappa shape index (κ2) is 7.41. The smallest absolute Gasteiger partial charge is 0.247 e. The van der Waals surface area contributed by atoms with E-state index in [9.17, 15) is 4.79 Å². The summed E-state index contributed by atoms with van der Waals surface area (Å²) < 4.78 is 0. The van der Waals surface area contributed by atoms with Crippen molar-refractivity contribution < 1.29 is 4.79 Å². The summed E-state index contributed by atoms with van der Waals surface area (Å²) in [6.45, 7) is 4.91. The fourth-order valence-corrected chi connectivity index (χ4v) is 5.44. The molecule has 1 aliphatic carbocycles. The van der Waals surface area contributed by atoms with Crippen LogP contribution in [0, 0.1) is 0 Å². The van der Waals surface area contributed by atoms with Gasteiger partial charge in [-0.3, -0.25) is 9.69 Å². The topological polar surface area (TPSA) is 35.6 Å². The molecule has 0 radical (unpaired) electrons. The number of likely N-dealkylation sites (tertiary alicyclic amines) is 1. The van der Waals surface area contributed by atoms with Gasteiger partial charge >= 0.3 is 0 Å². The molecule has 5 rings (SSSR count). The van der Waals surface area contributed by atoms with Gasteiger partial charge in [-0.2, -0.15) is 0 Å². The Morgan fingerprint density at radius 1 is 0.964 bits per heavy atom. The van der Waals surface area contributed by atoms with Crippen LogP contribution in [0.15, 0.2) is 54.6 Å². The largest absolute Gasteiger partial charge is 0.339 e. The lowest BCUT2D eigenvalue weighted by molar-refractivity contribution is -0.125. The lowest BCUT2D eigenvalue weighted by Crippen LogP contribution is -2.56. The Morgan fingerprint density at radius 3 is 2.32 bits per heavy atom. The molecule has 2 fully saturated rings. The molecule has 1 spiro atoms. The number of carbonyl (C=O) groups excluding carboxylic acids is 1. The number of carbonyl (C=O) groups is 1. The summed E-state index contributed by atoms with van der Waals surface area (Å²) in [6, 6.07) is 19.8. The number of fused-ring (bicyclic) bond motifs is 1. The van der Waals surface area contributed by atoms with Gasteiger partial charge in [0, 0.05) is 24.8 Å². The highest BCUT2D eigenvalue weighted by atomic mass is 35.5. The van der Waals surface area contributed by atoms with Gasteiger partial charge in [-0.05, 0) is 48.4 Å². The van der Waals surface area contributed by atoms with Crippen molar-refractivity contribution in [2.45, 2.75) is 43.7 Å². The van der Waals surface area contributed by atoms with Crippen LogP contribution in [0.5, 0.6) is 0 Å². The molecule has 148 valence electrons. The molecular formula is C23H28ClN3O. The van der Waals surface area contributed by atoms with Crippen LogP contribution in [0.25, 0.3) is 0 Å². The van der Waals surface area contributed by atoms with E-state index in [1.807, 2.05) is 6.07 Å². The molecule has 0 bridgehead atoms. The minimum Gasteiger partial charge on any atom is -0.339 e. The highest BCUT2D eigenvalue weighted by Crippen LogP contribution is 2.45. The van der Waals surface area contributed by atoms with Crippen LogP contribution in [-0.4, -0.2) is 36.1 Å². The fraction of sp³-hybridized carbons (Fsp3) is 0.435. The number of benzene rings is 2. The molecule has 4 nitrogen and oxygen atoms in total. The van der Waals surface area contributed by atoms with E-state index in [1.54, 1.807) is 0 Å². The normalized spacial score (nSPS) is 26.0. The average molecular weight is 398 g/mol. The lowest BCUT2D eigenvalue weighted by atomic mass is 9.84. The number of anilines is 1. The Bertz CT molecular complexity index is 848. The summed E-state index contributed by atoms with van der Waals surface area (Å²) in [5.41, 5.74) is 3.76. The minimum atomic E-state index is -0.387. The first-order valence-corrected chi connectivity index (χ1v) is 10.1. The molecule has 3 aliphatic rings. The van der Waals surface area contributed by atoms with E-state index in [0.29, 0.717) is 18.6 Å². The first kappa shape index (κ1) is 19.3. The van der Waals surface area contributed by atoms with Crippen LogP contribution >= 0.6 is 12.4 Å². The lowest BCUT2D eigenvalue weighted by Gasteiger charge is -2.45. The van der Waals surface area contributed by atoms with Gasteiger partial charge in [0.05, 0.1) is 6.67 Å². The molecule has 2 aromatic carbocycles. The molecule has 0 saturated carbocycles. The van der Waals surface area contributed by atoms with Crippen LogP contribution in [0.3, 0.4) is 0 Å². The van der Waals surface area contributed by atoms with Gasteiger partial charge < -0.3 is 10.2 Å². The number of halogens is 1. The SMILES string of the molecule is CC1CC(N2CCC3(CC2)C(=O)NCN3c2ccccc2)c2ccccc21.Cl. The van der Waals surface area contributed by atoms with Crippen molar-refractivity contribution in [3.63, 3.8) is 0 Å². The number of piperidine rings is 1. The van der Waals surface area contributed by atoms with Gasteiger partial charge in [0.2, 0.25) is 5.91 Å². The van der Waals surface area contributed by atoms with E-state index in [-0.39, 0.29) is 23.9 Å². The molecule has 28 heavy (non-hydrogen) atoms. The summed E-state index contributed by atoms with van der Waals surface area (Å²) in [5.74, 6) is 0.823. The third-order valence-electron chi connectivity index (χ3n) is 6.93. The van der Waals surface area contributed by atoms with Gasteiger partial charge in [-0.25, -0.2) is 0 Å². The van der Waals surface area contributed by atoms with Crippen LogP contribution in [-0.2, 0) is 4.79 Å². The Balaban J connectivity index is 0.00000192. The minimum absolute atomic E-state index is 0. The summed E-state index contributed by atoms with van der Waals surface area (Å²) in [4.78, 5) is 17.7. The van der Waals surface area contributed by atoms with E-state index < -0.39 is 0 Å². The quantitative estimate of drug-likeness (QED) is 0.829. The maximum Gasteiger partial charge on any atom is 0.247 e. The van der Waals surface area contributed by atoms with Crippen molar-refractivity contribution in [2.75, 3.05) is 24.7 Å². The van der Waals surface area contributed by atoms with Crippen molar-refractivity contribution in [1.82, 2.24) is 10.2 Å². The molecule has 1 amide bonds. The molecule has 2 heterocycles. The molecule has 2 saturated heterocycles. The number of hydrogen-bond donors (Lipinski definition) is 1. The molecule has 5 heteroatoms. The predicted molar refractivity (Wildman–Crippen MR) is 115 cm³/mol. The zero-order chi connectivity index (χ0) is 18.4. The molecule has 2 aliphatic heterocycles. The Hall–Kier alpha value is -2.04. The van der Waals surface area contributed by atoms with Crippen molar-refractivity contribution in [1.29, 1.82) is 0 Å². The maximum absolute atomic E-state index is 12.8. The summed E-state index contributed by atoms with van der Waals surface area (Å²) >= 11 is 0. The predicted octanol–water partition coefficient (Wildman–Crippen LogP) is 4.09. The average Bonchev–Trinajstić information content (AvgIpc) is 3.22. The monoisotopic (exact) mass is 397 g/mol. The van der Waals surface area contributed by atoms with Crippen LogP contribution in [0.2, 0.25) is 0 Å². The molecule has 2 atom stereocenters. The van der Waals surface area contributed by atoms with Crippen LogP contribution in [0.4, 0.5) is 5.69 Å². The number of rotatable bonds is 2. The Labute approximate surface area is 173 Å². The van der Waals surface area contributed by atoms with Gasteiger partial charge in [-0.1, -0.05) is 49.4 Å². The van der Waals surface area contributed by atoms with E-state index in [1.165, 1.54) is 17.5 Å². The van der Waals surface area contributed by atoms with Crippen molar-refractivity contribution in [3.8, 4) is 0 Å². The second-order valence-electron chi connectivity index (χ2n) is 8.28. The Kier molecular flexibility index (Phi) is 5.11. The second-order valence-corrected chi connectivity index (χ2v) is 8.28. The molecular weight excluding hydrogens is 370 g/mol. The van der Waals surface area contributed by atoms with Crippen LogP contribution < -0.4 is 10.2 Å². The van der Waals surface area contributed by atoms with Crippen molar-refractivity contribution in [2.24, 2.45) is 0 Å². The van der Waals surface area contributed by atoms with Gasteiger partial charge in [0.1, 0.15) is 5.54 Å². The third kappa shape index (κ3) is 2.90. The number of nitrogens with one attached hydrogen (secondary N) is 1. The molecule has 2 unspecified atom stereocenters. The Morgan fingerprint density at radius 2 is 1.61 bits per heavy atom. The standard InChI is InChI=1S/C23H27N3O.ClH/c1-17-15-21(20-10-6-5-9-19(17)20)25-13-11-23(12-14-25)22(27)24-16-26(23)18-7-3-2-4-8-18;/h2-10,17,21H,11-16H2,1H3,(H,24,27);1H. The van der Waals surface area contributed by atoms with Crippen molar-refractivity contribution >= 4 is 24.0 Å². The van der Waals surface area contributed by atoms with E-state index in [2.05, 4.69) is 70.6 Å². The van der Waals surface area contributed by atoms with Crippen LogP contribution in [0.1, 0.15) is 49.3 Å². The number of amides is 1. The summed E-state index contributed by atoms with van der Waals surface area (Å²) in [6.07, 6.45) is 2.97. The number of para-hydroxylation sites is 1. The number of hydrogen-bond acceptors (Lipinski definition) is 3. The first-order valence-electron chi connectivity index (χ1n) is 10.1. The zero-order valence-electron chi connectivity index (χ0n) is 16.3. The van der Waals surface area contributed by atoms with E-state index >= 15 is 0 Å². The highest BCUT2D eigenvalue weighted by molar-refractivity contribution is 5.93. The number of nitrogens with zero attached hydrogens (tertiary/aromatic N) is 2. The van der Waals surface area contributed by atoms with Gasteiger partial charge in [0.15, 0.2) is 0 Å². The van der Waals surface area contributed by atoms with Gasteiger partial charge in [0.25, 0.3) is 0 Å². The third-order valence-corrected chi connectivity index (χ3v) is 6.93.